The highest BCUT2D eigenvalue weighted by Gasteiger charge is 2.21. The van der Waals surface area contributed by atoms with Crippen molar-refractivity contribution < 1.29 is 42.7 Å². The molecule has 51 heavy (non-hydrogen) atoms. The van der Waals surface area contributed by atoms with E-state index in [1.807, 2.05) is 63.2 Å². The summed E-state index contributed by atoms with van der Waals surface area (Å²) in [7, 11) is 0. The average molecular weight is 705 g/mol. The fourth-order valence-electron chi connectivity index (χ4n) is 4.33. The number of carbonyl (C=O) groups is 2. The standard InChI is InChI=1S/C38H48N4O9/c1-6-29-9-7-11-31(23-29)48-21-19-46-17-15-45-16-18-47-20-22-49-32-12-8-10-30(24-32)26-40-42-37(44)28-51-35-14-13-33(25-34(35)38(2,3)4)50-27-36(43)41-39-5/h6-14,23-26H,1,5,15-22,27-28H2,2-4H3,(H,41,43)(H,42,44). The van der Waals surface area contributed by atoms with E-state index in [0.717, 1.165) is 22.4 Å². The number of hydrazone groups is 2. The van der Waals surface area contributed by atoms with Crippen LogP contribution in [0.25, 0.3) is 6.08 Å². The first-order valence-electron chi connectivity index (χ1n) is 16.5. The van der Waals surface area contributed by atoms with Crippen LogP contribution in [0.3, 0.4) is 0 Å². The maximum Gasteiger partial charge on any atom is 0.277 e. The Morgan fingerprint density at radius 2 is 1.20 bits per heavy atom. The minimum absolute atomic E-state index is 0.216. The number of hydrogen-bond acceptors (Lipinski definition) is 11. The number of carbonyl (C=O) groups excluding carboxylic acids is 2. The average Bonchev–Trinajstić information content (AvgIpc) is 3.12. The van der Waals surface area contributed by atoms with Crippen LogP contribution in [-0.4, -0.2) is 90.8 Å². The molecule has 2 amide bonds. The van der Waals surface area contributed by atoms with E-state index in [4.69, 9.17) is 33.2 Å². The molecule has 0 aliphatic rings. The van der Waals surface area contributed by atoms with Gasteiger partial charge in [0.1, 0.15) is 36.2 Å². The molecular formula is C38H48N4O9. The molecule has 2 N–H and O–H groups in total. The van der Waals surface area contributed by atoms with Gasteiger partial charge in [-0.2, -0.15) is 10.2 Å². The lowest BCUT2D eigenvalue weighted by Gasteiger charge is -2.23. The molecule has 0 saturated carbocycles. The number of ether oxygens (including phenoxy) is 7. The van der Waals surface area contributed by atoms with E-state index < -0.39 is 11.8 Å². The van der Waals surface area contributed by atoms with Crippen molar-refractivity contribution in [3.63, 3.8) is 0 Å². The Hall–Kier alpha value is -5.24. The van der Waals surface area contributed by atoms with Crippen LogP contribution in [0.1, 0.15) is 37.5 Å². The second-order valence-corrected chi connectivity index (χ2v) is 11.9. The number of amides is 2. The third kappa shape index (κ3) is 16.3. The topological polar surface area (TPSA) is 148 Å². The van der Waals surface area contributed by atoms with Crippen molar-refractivity contribution >= 4 is 30.8 Å². The zero-order chi connectivity index (χ0) is 36.7. The molecular weight excluding hydrogens is 656 g/mol. The SMILES string of the molecule is C=Cc1cccc(OCCOCCOCCOCCOc2cccc(C=NNC(=O)COc3ccc(OCC(=O)NN=C)cc3C(C)(C)C)c2)c1. The number of rotatable bonds is 24. The quantitative estimate of drug-likeness (QED) is 0.0765. The molecule has 0 atom stereocenters. The van der Waals surface area contributed by atoms with Gasteiger partial charge in [0.05, 0.1) is 45.9 Å². The molecule has 0 spiro atoms. The van der Waals surface area contributed by atoms with E-state index in [1.54, 1.807) is 30.3 Å². The van der Waals surface area contributed by atoms with Crippen molar-refractivity contribution in [3.05, 3.63) is 90.0 Å². The lowest BCUT2D eigenvalue weighted by atomic mass is 9.86. The maximum atomic E-state index is 12.4. The molecule has 0 aliphatic carbocycles. The molecule has 0 unspecified atom stereocenters. The molecule has 13 heteroatoms. The predicted molar refractivity (Wildman–Crippen MR) is 196 cm³/mol. The van der Waals surface area contributed by atoms with Crippen LogP contribution < -0.4 is 29.8 Å². The molecule has 13 nitrogen and oxygen atoms in total. The van der Waals surface area contributed by atoms with Gasteiger partial charge in [0.2, 0.25) is 0 Å². The molecule has 0 radical (unpaired) electrons. The van der Waals surface area contributed by atoms with Gasteiger partial charge in [0, 0.05) is 12.3 Å². The van der Waals surface area contributed by atoms with Crippen molar-refractivity contribution in [2.75, 3.05) is 66.1 Å². The second-order valence-electron chi connectivity index (χ2n) is 11.9. The highest BCUT2D eigenvalue weighted by Crippen LogP contribution is 2.34. The molecule has 0 aromatic heterocycles. The first kappa shape index (κ1) is 40.2. The zero-order valence-corrected chi connectivity index (χ0v) is 29.6. The van der Waals surface area contributed by atoms with Gasteiger partial charge in [-0.3, -0.25) is 9.59 Å². The summed E-state index contributed by atoms with van der Waals surface area (Å²) in [4.78, 5) is 24.1. The minimum atomic E-state index is -0.433. The summed E-state index contributed by atoms with van der Waals surface area (Å²) in [5.74, 6) is 1.57. The molecule has 3 aromatic carbocycles. The highest BCUT2D eigenvalue weighted by atomic mass is 16.6. The van der Waals surface area contributed by atoms with Gasteiger partial charge in [-0.25, -0.2) is 10.9 Å². The molecule has 3 aromatic rings. The highest BCUT2D eigenvalue weighted by molar-refractivity contribution is 5.83. The molecule has 0 heterocycles. The molecule has 3 rings (SSSR count). The van der Waals surface area contributed by atoms with Gasteiger partial charge in [-0.05, 0) is 59.0 Å². The summed E-state index contributed by atoms with van der Waals surface area (Å²) in [6.07, 6.45) is 3.29. The first-order valence-corrected chi connectivity index (χ1v) is 16.5. The Balaban J connectivity index is 1.26. The van der Waals surface area contributed by atoms with Gasteiger partial charge in [0.15, 0.2) is 13.2 Å². The van der Waals surface area contributed by atoms with Crippen molar-refractivity contribution in [2.45, 2.75) is 26.2 Å². The normalized spacial score (nSPS) is 11.1. The van der Waals surface area contributed by atoms with Gasteiger partial charge < -0.3 is 33.2 Å². The fourth-order valence-corrected chi connectivity index (χ4v) is 4.33. The van der Waals surface area contributed by atoms with Crippen molar-refractivity contribution in [3.8, 4) is 23.0 Å². The first-order chi connectivity index (χ1) is 24.7. The number of nitrogens with one attached hydrogen (secondary N) is 2. The second kappa shape index (κ2) is 22.5. The van der Waals surface area contributed by atoms with Gasteiger partial charge in [-0.1, -0.05) is 57.7 Å². The third-order valence-electron chi connectivity index (χ3n) is 6.78. The maximum absolute atomic E-state index is 12.4. The number of hydrogen-bond donors (Lipinski definition) is 2. The van der Waals surface area contributed by atoms with Crippen LogP contribution in [0.5, 0.6) is 23.0 Å². The Bertz CT molecular complexity index is 1570. The van der Waals surface area contributed by atoms with Crippen LogP contribution in [-0.2, 0) is 29.2 Å². The summed E-state index contributed by atoms with van der Waals surface area (Å²) < 4.78 is 39.4. The van der Waals surface area contributed by atoms with E-state index in [9.17, 15) is 9.59 Å². The van der Waals surface area contributed by atoms with E-state index >= 15 is 0 Å². The molecule has 0 fully saturated rings. The third-order valence-corrected chi connectivity index (χ3v) is 6.78. The monoisotopic (exact) mass is 704 g/mol. The van der Waals surface area contributed by atoms with E-state index in [-0.39, 0.29) is 18.6 Å². The molecule has 0 saturated heterocycles. The lowest BCUT2D eigenvalue weighted by Crippen LogP contribution is -2.26. The number of benzene rings is 3. The Labute approximate surface area is 299 Å². The van der Waals surface area contributed by atoms with Crippen LogP contribution in [0, 0.1) is 0 Å². The minimum Gasteiger partial charge on any atom is -0.491 e. The van der Waals surface area contributed by atoms with Gasteiger partial charge in [-0.15, -0.1) is 0 Å². The van der Waals surface area contributed by atoms with Crippen molar-refractivity contribution in [1.82, 2.24) is 10.9 Å². The molecule has 274 valence electrons. The summed E-state index contributed by atoms with van der Waals surface area (Å²) in [5, 5.41) is 7.36. The lowest BCUT2D eigenvalue weighted by molar-refractivity contribution is -0.123. The zero-order valence-electron chi connectivity index (χ0n) is 29.6. The van der Waals surface area contributed by atoms with Crippen LogP contribution in [0.2, 0.25) is 0 Å². The van der Waals surface area contributed by atoms with Crippen molar-refractivity contribution in [2.24, 2.45) is 10.2 Å². The summed E-state index contributed by atoms with van der Waals surface area (Å²) in [5.41, 5.74) is 6.91. The van der Waals surface area contributed by atoms with Gasteiger partial charge >= 0.3 is 0 Å². The summed E-state index contributed by atoms with van der Waals surface area (Å²) in [6, 6.07) is 20.1. The Kier molecular flexibility index (Phi) is 17.7. The Morgan fingerprint density at radius 1 is 0.667 bits per heavy atom. The Morgan fingerprint density at radius 3 is 1.78 bits per heavy atom. The van der Waals surface area contributed by atoms with Crippen LogP contribution in [0.4, 0.5) is 0 Å². The van der Waals surface area contributed by atoms with E-state index in [2.05, 4.69) is 34.4 Å². The van der Waals surface area contributed by atoms with Crippen LogP contribution in [0.15, 0.2) is 83.5 Å². The largest absolute Gasteiger partial charge is 0.491 e. The molecule has 0 aliphatic heterocycles. The number of nitrogens with zero attached hydrogens (tertiary/aromatic N) is 2. The smallest absolute Gasteiger partial charge is 0.277 e. The van der Waals surface area contributed by atoms with Crippen molar-refractivity contribution in [1.29, 1.82) is 0 Å². The summed E-state index contributed by atoms with van der Waals surface area (Å²) >= 11 is 0. The fraction of sp³-hybridized carbons (Fsp3) is 0.368. The summed E-state index contributed by atoms with van der Waals surface area (Å²) in [6.45, 7) is 16.0. The predicted octanol–water partition coefficient (Wildman–Crippen LogP) is 4.77. The van der Waals surface area contributed by atoms with E-state index in [1.165, 1.54) is 6.21 Å². The van der Waals surface area contributed by atoms with Gasteiger partial charge in [0.25, 0.3) is 11.8 Å². The molecule has 0 bridgehead atoms. The van der Waals surface area contributed by atoms with E-state index in [0.29, 0.717) is 70.1 Å². The van der Waals surface area contributed by atoms with Crippen LogP contribution >= 0.6 is 0 Å².